The molecule has 0 spiro atoms. The molecule has 1 saturated heterocycles. The van der Waals surface area contributed by atoms with E-state index < -0.39 is 50.0 Å². The highest BCUT2D eigenvalue weighted by molar-refractivity contribution is 6.74. The van der Waals surface area contributed by atoms with E-state index in [9.17, 15) is 19.2 Å². The lowest BCUT2D eigenvalue weighted by molar-refractivity contribution is -0.134. The van der Waals surface area contributed by atoms with Gasteiger partial charge in [0.1, 0.15) is 18.9 Å². The molecule has 1 fully saturated rings. The standard InChI is InChI=1S/C28H39N3O8Si/c1-19-16-31(27(35)30(25(19)33)14-13-24(32)36-5)23-15-21(22(39-23)18-38-40(6,7)28(2,3)4)29-26(34)37-17-20-11-9-8-10-12-20/h8-14,16,21-23H,15,17-18H2,1-7H3,(H,29,34)/b14-13+/t21-,22+,23+/m0/s1. The molecule has 2 aromatic rings. The fourth-order valence-electron chi connectivity index (χ4n) is 3.89. The largest absolute Gasteiger partial charge is 0.466 e. The predicted octanol–water partition coefficient (Wildman–Crippen LogP) is 3.57. The Hall–Kier alpha value is -3.48. The summed E-state index contributed by atoms with van der Waals surface area (Å²) in [6, 6.07) is 8.78. The maximum absolute atomic E-state index is 13.3. The van der Waals surface area contributed by atoms with E-state index in [1.54, 1.807) is 6.92 Å². The third kappa shape index (κ3) is 7.58. The normalized spacial score (nSPS) is 19.5. The Morgan fingerprint density at radius 1 is 1.18 bits per heavy atom. The number of nitrogens with zero attached hydrogens (tertiary/aromatic N) is 2. The van der Waals surface area contributed by atoms with Gasteiger partial charge in [-0.3, -0.25) is 9.36 Å². The van der Waals surface area contributed by atoms with Crippen LogP contribution in [0.25, 0.3) is 6.20 Å². The van der Waals surface area contributed by atoms with Crippen LogP contribution in [0.1, 0.15) is 44.5 Å². The van der Waals surface area contributed by atoms with Gasteiger partial charge in [0.15, 0.2) is 8.32 Å². The maximum atomic E-state index is 13.3. The van der Waals surface area contributed by atoms with Crippen molar-refractivity contribution in [2.75, 3.05) is 13.7 Å². The van der Waals surface area contributed by atoms with Crippen LogP contribution in [0.2, 0.25) is 18.1 Å². The number of aromatic nitrogens is 2. The predicted molar refractivity (Wildman–Crippen MR) is 152 cm³/mol. The number of rotatable bonds is 9. The van der Waals surface area contributed by atoms with E-state index in [1.807, 2.05) is 30.3 Å². The first-order valence-corrected chi connectivity index (χ1v) is 16.0. The SMILES string of the molecule is COC(=O)/C=C/n1c(=O)c(C)cn([C@H]2C[C@H](NC(=O)OCc3ccccc3)[C@@H](CO[Si](C)(C)C(C)(C)C)O2)c1=O. The number of amides is 1. The van der Waals surface area contributed by atoms with Gasteiger partial charge in [-0.15, -0.1) is 0 Å². The first-order valence-electron chi connectivity index (χ1n) is 13.1. The van der Waals surface area contributed by atoms with Crippen molar-refractivity contribution in [3.05, 3.63) is 74.6 Å². The average Bonchev–Trinajstić information content (AvgIpc) is 3.30. The van der Waals surface area contributed by atoms with Crippen molar-refractivity contribution in [2.45, 2.75) is 77.2 Å². The number of carbonyl (C=O) groups is 2. The topological polar surface area (TPSA) is 127 Å². The van der Waals surface area contributed by atoms with E-state index in [4.69, 9.17) is 13.9 Å². The summed E-state index contributed by atoms with van der Waals surface area (Å²) in [5, 5.41) is 2.83. The van der Waals surface area contributed by atoms with Crippen molar-refractivity contribution in [1.29, 1.82) is 0 Å². The lowest BCUT2D eigenvalue weighted by Gasteiger charge is -2.37. The molecule has 1 aromatic heterocycles. The summed E-state index contributed by atoms with van der Waals surface area (Å²) in [7, 11) is -0.960. The van der Waals surface area contributed by atoms with E-state index in [1.165, 1.54) is 17.9 Å². The second-order valence-electron chi connectivity index (χ2n) is 11.3. The van der Waals surface area contributed by atoms with Crippen LogP contribution in [0.3, 0.4) is 0 Å². The van der Waals surface area contributed by atoms with Gasteiger partial charge in [0.05, 0.1) is 19.8 Å². The average molecular weight is 574 g/mol. The molecule has 3 rings (SSSR count). The van der Waals surface area contributed by atoms with Crippen LogP contribution >= 0.6 is 0 Å². The fraction of sp³-hybridized carbons (Fsp3) is 0.500. The van der Waals surface area contributed by atoms with Crippen molar-refractivity contribution in [3.8, 4) is 0 Å². The highest BCUT2D eigenvalue weighted by atomic mass is 28.4. The molecule has 11 nitrogen and oxygen atoms in total. The second kappa shape index (κ2) is 12.8. The highest BCUT2D eigenvalue weighted by Gasteiger charge is 2.42. The zero-order valence-corrected chi connectivity index (χ0v) is 25.1. The van der Waals surface area contributed by atoms with Crippen LogP contribution in [0.15, 0.2) is 52.2 Å². The Labute approximate surface area is 234 Å². The number of nitrogens with one attached hydrogen (secondary N) is 1. The van der Waals surface area contributed by atoms with Crippen LogP contribution in [-0.2, 0) is 30.0 Å². The Morgan fingerprint density at radius 2 is 1.85 bits per heavy atom. The van der Waals surface area contributed by atoms with Crippen molar-refractivity contribution in [3.63, 3.8) is 0 Å². The quantitative estimate of drug-likeness (QED) is 0.274. The van der Waals surface area contributed by atoms with Gasteiger partial charge in [0, 0.05) is 30.5 Å². The van der Waals surface area contributed by atoms with Gasteiger partial charge in [-0.25, -0.2) is 19.0 Å². The highest BCUT2D eigenvalue weighted by Crippen LogP contribution is 2.37. The molecule has 0 saturated carbocycles. The van der Waals surface area contributed by atoms with Crippen LogP contribution in [-0.4, -0.2) is 55.4 Å². The van der Waals surface area contributed by atoms with Crippen molar-refractivity contribution in [2.24, 2.45) is 0 Å². The summed E-state index contributed by atoms with van der Waals surface area (Å²) in [5.41, 5.74) is -0.153. The summed E-state index contributed by atoms with van der Waals surface area (Å²) in [5.74, 6) is -0.711. The Kier molecular flexibility index (Phi) is 9.93. The summed E-state index contributed by atoms with van der Waals surface area (Å²) >= 11 is 0. The van der Waals surface area contributed by atoms with Gasteiger partial charge in [-0.2, -0.15) is 0 Å². The Bertz CT molecular complexity index is 1340. The first kappa shape index (κ1) is 31.0. The molecule has 0 radical (unpaired) electrons. The van der Waals surface area contributed by atoms with Crippen molar-refractivity contribution < 1.29 is 28.2 Å². The molecule has 0 aliphatic carbocycles. The van der Waals surface area contributed by atoms with Gasteiger partial charge >= 0.3 is 17.8 Å². The van der Waals surface area contributed by atoms with Gasteiger partial charge in [0.25, 0.3) is 5.56 Å². The van der Waals surface area contributed by atoms with Gasteiger partial charge in [-0.05, 0) is 30.6 Å². The summed E-state index contributed by atoms with van der Waals surface area (Å²) in [6.45, 7) is 12.5. The lowest BCUT2D eigenvalue weighted by atomic mass is 10.1. The van der Waals surface area contributed by atoms with E-state index in [2.05, 4.69) is 43.9 Å². The number of aryl methyl sites for hydroxylation is 1. The summed E-state index contributed by atoms with van der Waals surface area (Å²) in [6.07, 6.45) is 1.70. The van der Waals surface area contributed by atoms with Crippen LogP contribution in [0.4, 0.5) is 4.79 Å². The minimum absolute atomic E-state index is 0.0436. The van der Waals surface area contributed by atoms with Crippen LogP contribution in [0.5, 0.6) is 0 Å². The zero-order valence-electron chi connectivity index (χ0n) is 24.1. The molecule has 218 valence electrons. The number of alkyl carbamates (subject to hydrolysis) is 1. The molecule has 1 aliphatic rings. The number of carbonyl (C=O) groups excluding carboxylic acids is 2. The molecule has 40 heavy (non-hydrogen) atoms. The number of methoxy groups -OCH3 is 1. The lowest BCUT2D eigenvalue weighted by Crippen LogP contribution is -2.47. The Morgan fingerprint density at radius 3 is 2.48 bits per heavy atom. The minimum atomic E-state index is -2.15. The summed E-state index contributed by atoms with van der Waals surface area (Å²) in [4.78, 5) is 50.2. The minimum Gasteiger partial charge on any atom is -0.466 e. The zero-order chi connectivity index (χ0) is 29.7. The molecule has 1 N–H and O–H groups in total. The number of hydrogen-bond acceptors (Lipinski definition) is 8. The third-order valence-electron chi connectivity index (χ3n) is 7.35. The number of esters is 1. The molecule has 1 aromatic carbocycles. The maximum Gasteiger partial charge on any atom is 0.407 e. The van der Waals surface area contributed by atoms with E-state index in [-0.39, 0.29) is 30.2 Å². The number of benzene rings is 1. The van der Waals surface area contributed by atoms with Crippen molar-refractivity contribution in [1.82, 2.24) is 14.5 Å². The molecule has 12 heteroatoms. The molecule has 1 amide bonds. The fourth-order valence-corrected chi connectivity index (χ4v) is 4.91. The smallest absolute Gasteiger partial charge is 0.407 e. The molecule has 1 aliphatic heterocycles. The third-order valence-corrected chi connectivity index (χ3v) is 11.9. The number of ether oxygens (including phenoxy) is 3. The first-order chi connectivity index (χ1) is 18.7. The van der Waals surface area contributed by atoms with E-state index in [0.29, 0.717) is 0 Å². The monoisotopic (exact) mass is 573 g/mol. The molecule has 0 bridgehead atoms. The van der Waals surface area contributed by atoms with Crippen LogP contribution in [0, 0.1) is 6.92 Å². The van der Waals surface area contributed by atoms with Crippen molar-refractivity contribution >= 4 is 26.6 Å². The summed E-state index contributed by atoms with van der Waals surface area (Å²) < 4.78 is 24.8. The number of hydrogen-bond donors (Lipinski definition) is 1. The Balaban J connectivity index is 1.86. The van der Waals surface area contributed by atoms with Crippen LogP contribution < -0.4 is 16.6 Å². The molecular weight excluding hydrogens is 534 g/mol. The molecule has 0 unspecified atom stereocenters. The molecule has 2 heterocycles. The second-order valence-corrected chi connectivity index (χ2v) is 16.1. The van der Waals surface area contributed by atoms with E-state index >= 15 is 0 Å². The van der Waals surface area contributed by atoms with Gasteiger partial charge in [0.2, 0.25) is 0 Å². The van der Waals surface area contributed by atoms with Gasteiger partial charge < -0.3 is 24.0 Å². The molecular formula is C28H39N3O8Si. The van der Waals surface area contributed by atoms with Gasteiger partial charge in [-0.1, -0.05) is 51.1 Å². The molecule has 3 atom stereocenters. The van der Waals surface area contributed by atoms with E-state index in [0.717, 1.165) is 22.4 Å².